The van der Waals surface area contributed by atoms with E-state index in [1.54, 1.807) is 4.90 Å². The number of likely N-dealkylation sites (N-methyl/N-ethyl adjacent to an activating group) is 1. The molecule has 2 rings (SSSR count). The Morgan fingerprint density at radius 3 is 2.86 bits per heavy atom. The molecule has 0 aromatic heterocycles. The summed E-state index contributed by atoms with van der Waals surface area (Å²) in [4.78, 5) is 13.6. The first-order valence-corrected chi connectivity index (χ1v) is 7.29. The lowest BCUT2D eigenvalue weighted by molar-refractivity contribution is -0.129. The molecule has 4 nitrogen and oxygen atoms in total. The molecule has 1 aliphatic carbocycles. The third kappa shape index (κ3) is 6.82. The summed E-state index contributed by atoms with van der Waals surface area (Å²) in [6, 6.07) is 7.94. The highest BCUT2D eigenvalue weighted by Crippen LogP contribution is 2.27. The van der Waals surface area contributed by atoms with Crippen LogP contribution in [0.4, 0.5) is 0 Å². The van der Waals surface area contributed by atoms with Gasteiger partial charge in [-0.25, -0.2) is 0 Å². The highest BCUT2D eigenvalue weighted by Gasteiger charge is 2.20. The van der Waals surface area contributed by atoms with Crippen molar-refractivity contribution in [1.82, 2.24) is 10.2 Å². The number of rotatable bonds is 8. The van der Waals surface area contributed by atoms with Crippen molar-refractivity contribution in [2.75, 3.05) is 33.3 Å². The van der Waals surface area contributed by atoms with E-state index in [0.717, 1.165) is 18.2 Å². The van der Waals surface area contributed by atoms with Gasteiger partial charge >= 0.3 is 0 Å². The van der Waals surface area contributed by atoms with E-state index < -0.39 is 0 Å². The standard InChI is InChI=1S/C16H24N2O2.ClH/c1-13-4-3-5-15(10-13)20-9-8-18(2)16(19)12-17-11-14-6-7-14;/h3-5,10,14,17H,6-9,11-12H2,1-2H3;1H. The Morgan fingerprint density at radius 2 is 2.19 bits per heavy atom. The smallest absolute Gasteiger partial charge is 0.236 e. The summed E-state index contributed by atoms with van der Waals surface area (Å²) in [5.41, 5.74) is 1.18. The number of nitrogens with one attached hydrogen (secondary N) is 1. The summed E-state index contributed by atoms with van der Waals surface area (Å²) >= 11 is 0. The van der Waals surface area contributed by atoms with Gasteiger partial charge in [0.05, 0.1) is 13.1 Å². The molecule has 0 heterocycles. The second kappa shape index (κ2) is 8.90. The van der Waals surface area contributed by atoms with Crippen molar-refractivity contribution in [3.63, 3.8) is 0 Å². The highest BCUT2D eigenvalue weighted by molar-refractivity contribution is 5.85. The van der Waals surface area contributed by atoms with Crippen molar-refractivity contribution >= 4 is 18.3 Å². The summed E-state index contributed by atoms with van der Waals surface area (Å²) in [5, 5.41) is 3.21. The van der Waals surface area contributed by atoms with Crippen LogP contribution >= 0.6 is 12.4 Å². The van der Waals surface area contributed by atoms with Crippen molar-refractivity contribution in [3.8, 4) is 5.75 Å². The Kier molecular flexibility index (Phi) is 7.54. The molecule has 0 unspecified atom stereocenters. The van der Waals surface area contributed by atoms with Crippen molar-refractivity contribution in [3.05, 3.63) is 29.8 Å². The van der Waals surface area contributed by atoms with Crippen LogP contribution in [0.1, 0.15) is 18.4 Å². The average molecular weight is 313 g/mol. The SMILES string of the molecule is Cc1cccc(OCCN(C)C(=O)CNCC2CC2)c1.Cl. The molecule has 1 aromatic rings. The van der Waals surface area contributed by atoms with Crippen molar-refractivity contribution < 1.29 is 9.53 Å². The summed E-state index contributed by atoms with van der Waals surface area (Å²) in [5.74, 6) is 1.79. The fourth-order valence-electron chi connectivity index (χ4n) is 1.97. The van der Waals surface area contributed by atoms with E-state index in [1.165, 1.54) is 18.4 Å². The first kappa shape index (κ1) is 17.8. The molecule has 21 heavy (non-hydrogen) atoms. The minimum atomic E-state index is 0. The van der Waals surface area contributed by atoms with Crippen LogP contribution in [0.3, 0.4) is 0 Å². The Balaban J connectivity index is 0.00000220. The lowest BCUT2D eigenvalue weighted by Crippen LogP contribution is -2.38. The number of benzene rings is 1. The molecule has 1 aromatic carbocycles. The van der Waals surface area contributed by atoms with Crippen molar-refractivity contribution in [2.24, 2.45) is 5.92 Å². The van der Waals surface area contributed by atoms with Gasteiger partial charge in [-0.1, -0.05) is 12.1 Å². The number of amides is 1. The molecule has 1 N–H and O–H groups in total. The lowest BCUT2D eigenvalue weighted by Gasteiger charge is -2.18. The molecule has 1 saturated carbocycles. The van der Waals surface area contributed by atoms with E-state index in [-0.39, 0.29) is 18.3 Å². The molecule has 5 heteroatoms. The molecular formula is C16H25ClN2O2. The van der Waals surface area contributed by atoms with Gasteiger partial charge in [-0.05, 0) is 49.9 Å². The number of carbonyl (C=O) groups is 1. The van der Waals surface area contributed by atoms with Crippen LogP contribution in [-0.4, -0.2) is 44.1 Å². The predicted molar refractivity (Wildman–Crippen MR) is 87.2 cm³/mol. The van der Waals surface area contributed by atoms with Gasteiger partial charge in [0, 0.05) is 7.05 Å². The molecule has 0 spiro atoms. The van der Waals surface area contributed by atoms with Crippen LogP contribution in [-0.2, 0) is 4.79 Å². The van der Waals surface area contributed by atoms with Crippen LogP contribution < -0.4 is 10.1 Å². The number of aryl methyl sites for hydroxylation is 1. The molecule has 0 atom stereocenters. The molecule has 1 amide bonds. The molecule has 118 valence electrons. The normalized spacial score (nSPS) is 13.4. The maximum absolute atomic E-state index is 11.8. The number of halogens is 1. The Bertz CT molecular complexity index is 450. The fourth-order valence-corrected chi connectivity index (χ4v) is 1.97. The first-order valence-electron chi connectivity index (χ1n) is 7.29. The van der Waals surface area contributed by atoms with Crippen LogP contribution in [0.5, 0.6) is 5.75 Å². The van der Waals surface area contributed by atoms with Gasteiger partial charge in [-0.2, -0.15) is 0 Å². The molecule has 1 aliphatic rings. The zero-order chi connectivity index (χ0) is 14.4. The van der Waals surface area contributed by atoms with Crippen molar-refractivity contribution in [2.45, 2.75) is 19.8 Å². The average Bonchev–Trinajstić information content (AvgIpc) is 3.22. The van der Waals surface area contributed by atoms with E-state index >= 15 is 0 Å². The Morgan fingerprint density at radius 1 is 1.43 bits per heavy atom. The van der Waals surface area contributed by atoms with Gasteiger partial charge in [-0.3, -0.25) is 4.79 Å². The molecule has 0 bridgehead atoms. The van der Waals surface area contributed by atoms with Crippen LogP contribution in [0, 0.1) is 12.8 Å². The third-order valence-electron chi connectivity index (χ3n) is 3.52. The minimum absolute atomic E-state index is 0. The fraction of sp³-hybridized carbons (Fsp3) is 0.562. The van der Waals surface area contributed by atoms with E-state index in [0.29, 0.717) is 19.7 Å². The maximum Gasteiger partial charge on any atom is 0.236 e. The second-order valence-electron chi connectivity index (χ2n) is 5.55. The Hall–Kier alpha value is -1.26. The largest absolute Gasteiger partial charge is 0.492 e. The topological polar surface area (TPSA) is 41.6 Å². The quantitative estimate of drug-likeness (QED) is 0.800. The second-order valence-corrected chi connectivity index (χ2v) is 5.55. The van der Waals surface area contributed by atoms with E-state index in [2.05, 4.69) is 5.32 Å². The van der Waals surface area contributed by atoms with Crippen LogP contribution in [0.15, 0.2) is 24.3 Å². The van der Waals surface area contributed by atoms with Gasteiger partial charge in [0.25, 0.3) is 0 Å². The van der Waals surface area contributed by atoms with Gasteiger partial charge in [0.2, 0.25) is 5.91 Å². The first-order chi connectivity index (χ1) is 9.65. The summed E-state index contributed by atoms with van der Waals surface area (Å²) < 4.78 is 5.65. The number of nitrogens with zero attached hydrogens (tertiary/aromatic N) is 1. The maximum atomic E-state index is 11.8. The van der Waals surface area contributed by atoms with E-state index in [9.17, 15) is 4.79 Å². The zero-order valence-electron chi connectivity index (χ0n) is 12.8. The number of hydrogen-bond donors (Lipinski definition) is 1. The monoisotopic (exact) mass is 312 g/mol. The molecule has 0 radical (unpaired) electrons. The van der Waals surface area contributed by atoms with Crippen LogP contribution in [0.2, 0.25) is 0 Å². The van der Waals surface area contributed by atoms with Crippen LogP contribution in [0.25, 0.3) is 0 Å². The van der Waals surface area contributed by atoms with Gasteiger partial charge < -0.3 is 15.0 Å². The lowest BCUT2D eigenvalue weighted by atomic mass is 10.2. The zero-order valence-corrected chi connectivity index (χ0v) is 13.6. The molecule has 1 fully saturated rings. The number of carbonyl (C=O) groups excluding carboxylic acids is 1. The highest BCUT2D eigenvalue weighted by atomic mass is 35.5. The summed E-state index contributed by atoms with van der Waals surface area (Å²) in [7, 11) is 1.82. The van der Waals surface area contributed by atoms with Crippen molar-refractivity contribution in [1.29, 1.82) is 0 Å². The van der Waals surface area contributed by atoms with Gasteiger partial charge in [0.1, 0.15) is 12.4 Å². The summed E-state index contributed by atoms with van der Waals surface area (Å²) in [6.45, 7) is 4.57. The summed E-state index contributed by atoms with van der Waals surface area (Å²) in [6.07, 6.45) is 2.61. The number of ether oxygens (including phenoxy) is 1. The Labute approximate surface area is 133 Å². The predicted octanol–water partition coefficient (Wildman–Crippen LogP) is 2.25. The molecule has 0 aliphatic heterocycles. The van der Waals surface area contributed by atoms with Gasteiger partial charge in [0.15, 0.2) is 0 Å². The molecule has 0 saturated heterocycles. The minimum Gasteiger partial charge on any atom is -0.492 e. The molecular weight excluding hydrogens is 288 g/mol. The van der Waals surface area contributed by atoms with E-state index in [4.69, 9.17) is 4.74 Å². The van der Waals surface area contributed by atoms with Gasteiger partial charge in [-0.15, -0.1) is 12.4 Å². The van der Waals surface area contributed by atoms with E-state index in [1.807, 2.05) is 38.2 Å². The third-order valence-corrected chi connectivity index (χ3v) is 3.52. The number of hydrogen-bond acceptors (Lipinski definition) is 3.